The van der Waals surface area contributed by atoms with Gasteiger partial charge in [-0.15, -0.1) is 0 Å². The molecule has 0 aliphatic carbocycles. The average Bonchev–Trinajstić information content (AvgIpc) is 2.86. The summed E-state index contributed by atoms with van der Waals surface area (Å²) < 4.78 is 13.0. The van der Waals surface area contributed by atoms with Crippen molar-refractivity contribution in [3.05, 3.63) is 30.1 Å². The van der Waals surface area contributed by atoms with Crippen LogP contribution in [0.15, 0.2) is 24.3 Å². The number of hydrogen-bond donors (Lipinski definition) is 1. The Balaban J connectivity index is 1.68. The fourth-order valence-electron chi connectivity index (χ4n) is 2.96. The zero-order chi connectivity index (χ0) is 14.4. The topological polar surface area (TPSA) is 18.5 Å². The van der Waals surface area contributed by atoms with Crippen LogP contribution in [0.2, 0.25) is 0 Å². The van der Waals surface area contributed by atoms with Crippen LogP contribution in [-0.2, 0) is 0 Å². The monoisotopic (exact) mass is 279 g/mol. The molecule has 112 valence electrons. The van der Waals surface area contributed by atoms with Gasteiger partial charge in [-0.25, -0.2) is 4.39 Å². The summed E-state index contributed by atoms with van der Waals surface area (Å²) >= 11 is 0. The van der Waals surface area contributed by atoms with Crippen molar-refractivity contribution in [3.63, 3.8) is 0 Å². The Morgan fingerprint density at radius 3 is 3.05 bits per heavy atom. The van der Waals surface area contributed by atoms with Gasteiger partial charge in [0, 0.05) is 31.4 Å². The minimum atomic E-state index is -0.187. The first-order valence-corrected chi connectivity index (χ1v) is 7.61. The molecule has 1 heterocycles. The fourth-order valence-corrected chi connectivity index (χ4v) is 2.96. The highest BCUT2D eigenvalue weighted by Crippen LogP contribution is 2.17. The van der Waals surface area contributed by atoms with Gasteiger partial charge in [0.1, 0.15) is 5.82 Å². The Hall–Kier alpha value is -1.13. The molecule has 1 aromatic rings. The van der Waals surface area contributed by atoms with Gasteiger partial charge in [0.15, 0.2) is 0 Å². The van der Waals surface area contributed by atoms with Crippen molar-refractivity contribution < 1.29 is 4.39 Å². The van der Waals surface area contributed by atoms with Crippen LogP contribution in [0.5, 0.6) is 0 Å². The Morgan fingerprint density at radius 1 is 1.45 bits per heavy atom. The number of rotatable bonds is 7. The van der Waals surface area contributed by atoms with E-state index in [0.29, 0.717) is 6.04 Å². The molecule has 1 atom stereocenters. The van der Waals surface area contributed by atoms with Crippen LogP contribution in [0.4, 0.5) is 10.1 Å². The van der Waals surface area contributed by atoms with Crippen LogP contribution in [-0.4, -0.2) is 55.6 Å². The quantitative estimate of drug-likeness (QED) is 0.828. The number of likely N-dealkylation sites (N-methyl/N-ethyl adjacent to an activating group) is 2. The van der Waals surface area contributed by atoms with E-state index in [1.165, 1.54) is 31.5 Å². The fraction of sp³-hybridized carbons (Fsp3) is 0.625. The molecule has 0 radical (unpaired) electrons. The second-order valence-corrected chi connectivity index (χ2v) is 5.62. The molecule has 1 aliphatic rings. The van der Waals surface area contributed by atoms with Gasteiger partial charge in [0.05, 0.1) is 0 Å². The van der Waals surface area contributed by atoms with E-state index in [9.17, 15) is 4.39 Å². The van der Waals surface area contributed by atoms with Crippen LogP contribution in [0.25, 0.3) is 0 Å². The van der Waals surface area contributed by atoms with E-state index in [2.05, 4.69) is 29.1 Å². The number of benzene rings is 1. The highest BCUT2D eigenvalue weighted by molar-refractivity contribution is 5.42. The van der Waals surface area contributed by atoms with Crippen molar-refractivity contribution in [1.29, 1.82) is 0 Å². The molecule has 4 heteroatoms. The Kier molecular flexibility index (Phi) is 5.80. The largest absolute Gasteiger partial charge is 0.384 e. The van der Waals surface area contributed by atoms with E-state index >= 15 is 0 Å². The predicted molar refractivity (Wildman–Crippen MR) is 82.7 cm³/mol. The van der Waals surface area contributed by atoms with Crippen LogP contribution in [0.1, 0.15) is 19.8 Å². The smallest absolute Gasteiger partial charge is 0.125 e. The third-order valence-corrected chi connectivity index (χ3v) is 4.07. The van der Waals surface area contributed by atoms with Crippen LogP contribution < -0.4 is 5.32 Å². The maximum absolute atomic E-state index is 13.0. The first kappa shape index (κ1) is 15.3. The molecule has 1 aromatic carbocycles. The Labute approximate surface area is 121 Å². The molecule has 0 spiro atoms. The van der Waals surface area contributed by atoms with Gasteiger partial charge in [-0.3, -0.25) is 4.90 Å². The maximum Gasteiger partial charge on any atom is 0.125 e. The van der Waals surface area contributed by atoms with E-state index in [0.717, 1.165) is 31.9 Å². The molecule has 1 unspecified atom stereocenters. The van der Waals surface area contributed by atoms with E-state index in [-0.39, 0.29) is 5.82 Å². The molecule has 1 fully saturated rings. The second-order valence-electron chi connectivity index (χ2n) is 5.62. The second kappa shape index (κ2) is 7.60. The molecule has 1 aliphatic heterocycles. The molecular weight excluding hydrogens is 253 g/mol. The summed E-state index contributed by atoms with van der Waals surface area (Å²) in [6, 6.07) is 7.35. The lowest BCUT2D eigenvalue weighted by atomic mass is 10.2. The van der Waals surface area contributed by atoms with E-state index in [1.54, 1.807) is 6.07 Å². The third kappa shape index (κ3) is 4.46. The molecule has 0 saturated carbocycles. The van der Waals surface area contributed by atoms with Crippen LogP contribution >= 0.6 is 0 Å². The van der Waals surface area contributed by atoms with Gasteiger partial charge < -0.3 is 10.2 Å². The summed E-state index contributed by atoms with van der Waals surface area (Å²) in [4.78, 5) is 4.93. The number of likely N-dealkylation sites (tertiary alicyclic amines) is 1. The summed E-state index contributed by atoms with van der Waals surface area (Å²) in [5.74, 6) is -0.187. The summed E-state index contributed by atoms with van der Waals surface area (Å²) in [5, 5.41) is 3.27. The van der Waals surface area contributed by atoms with E-state index < -0.39 is 0 Å². The normalized spacial score (nSPS) is 19.7. The van der Waals surface area contributed by atoms with Gasteiger partial charge in [-0.2, -0.15) is 0 Å². The highest BCUT2D eigenvalue weighted by Gasteiger charge is 2.23. The van der Waals surface area contributed by atoms with Gasteiger partial charge in [-0.05, 0) is 51.2 Å². The molecule has 0 aromatic heterocycles. The Bertz CT molecular complexity index is 410. The average molecular weight is 279 g/mol. The summed E-state index contributed by atoms with van der Waals surface area (Å²) in [5.41, 5.74) is 0.856. The number of anilines is 1. The highest BCUT2D eigenvalue weighted by atomic mass is 19.1. The lowest BCUT2D eigenvalue weighted by Gasteiger charge is -2.27. The van der Waals surface area contributed by atoms with Gasteiger partial charge in [0.2, 0.25) is 0 Å². The zero-order valence-electron chi connectivity index (χ0n) is 12.6. The van der Waals surface area contributed by atoms with Crippen molar-refractivity contribution in [2.24, 2.45) is 0 Å². The number of hydrogen-bond acceptors (Lipinski definition) is 3. The third-order valence-electron chi connectivity index (χ3n) is 4.07. The van der Waals surface area contributed by atoms with Crippen molar-refractivity contribution in [3.8, 4) is 0 Å². The van der Waals surface area contributed by atoms with Crippen molar-refractivity contribution in [2.45, 2.75) is 25.8 Å². The van der Waals surface area contributed by atoms with Crippen molar-refractivity contribution >= 4 is 5.69 Å². The van der Waals surface area contributed by atoms with E-state index in [4.69, 9.17) is 0 Å². The summed E-state index contributed by atoms with van der Waals surface area (Å²) in [6.45, 7) is 7.59. The summed E-state index contributed by atoms with van der Waals surface area (Å²) in [7, 11) is 2.17. The van der Waals surface area contributed by atoms with Gasteiger partial charge in [0.25, 0.3) is 0 Å². The van der Waals surface area contributed by atoms with Crippen molar-refractivity contribution in [2.75, 3.05) is 45.1 Å². The van der Waals surface area contributed by atoms with Gasteiger partial charge >= 0.3 is 0 Å². The SMILES string of the molecule is CCN1CCCC1CN(C)CCNc1cccc(F)c1. The molecular formula is C16H26FN3. The molecule has 2 rings (SSSR count). The first-order valence-electron chi connectivity index (χ1n) is 7.61. The molecule has 3 nitrogen and oxygen atoms in total. The number of halogens is 1. The van der Waals surface area contributed by atoms with Crippen LogP contribution in [0.3, 0.4) is 0 Å². The molecule has 1 N–H and O–H groups in total. The maximum atomic E-state index is 13.0. The van der Waals surface area contributed by atoms with Gasteiger partial charge in [-0.1, -0.05) is 13.0 Å². The summed E-state index contributed by atoms with van der Waals surface area (Å²) in [6.07, 6.45) is 2.64. The Morgan fingerprint density at radius 2 is 2.30 bits per heavy atom. The molecule has 1 saturated heterocycles. The minimum absolute atomic E-state index is 0.187. The van der Waals surface area contributed by atoms with Crippen molar-refractivity contribution in [1.82, 2.24) is 9.80 Å². The number of nitrogens with one attached hydrogen (secondary N) is 1. The van der Waals surface area contributed by atoms with E-state index in [1.807, 2.05) is 6.07 Å². The lowest BCUT2D eigenvalue weighted by Crippen LogP contribution is -2.40. The first-order chi connectivity index (χ1) is 9.69. The lowest BCUT2D eigenvalue weighted by molar-refractivity contribution is 0.202. The molecule has 20 heavy (non-hydrogen) atoms. The molecule has 0 bridgehead atoms. The minimum Gasteiger partial charge on any atom is -0.384 e. The standard InChI is InChI=1S/C16H26FN3/c1-3-20-10-5-8-16(20)13-19(2)11-9-18-15-7-4-6-14(17)12-15/h4,6-7,12,16,18H,3,5,8-11,13H2,1-2H3. The zero-order valence-corrected chi connectivity index (χ0v) is 12.6. The van der Waals surface area contributed by atoms with Crippen LogP contribution in [0, 0.1) is 5.82 Å². The molecule has 0 amide bonds. The number of nitrogens with zero attached hydrogens (tertiary/aromatic N) is 2. The predicted octanol–water partition coefficient (Wildman–Crippen LogP) is 2.65.